The summed E-state index contributed by atoms with van der Waals surface area (Å²) in [4.78, 5) is 6.62. The monoisotopic (exact) mass is 375 g/mol. The van der Waals surface area contributed by atoms with Crippen LogP contribution in [0.2, 0.25) is 5.02 Å². The Morgan fingerprint density at radius 3 is 2.54 bits per heavy atom. The number of likely N-dealkylation sites (tertiary alicyclic amines) is 1. The van der Waals surface area contributed by atoms with E-state index < -0.39 is 0 Å². The molecule has 6 nitrogen and oxygen atoms in total. The molecule has 0 spiro atoms. The number of nitrogens with zero attached hydrogens (tertiary/aromatic N) is 4. The summed E-state index contributed by atoms with van der Waals surface area (Å²) in [5.74, 6) is 2.51. The first-order valence-electron chi connectivity index (χ1n) is 9.29. The zero-order chi connectivity index (χ0) is 18.3. The molecule has 1 aliphatic carbocycles. The highest BCUT2D eigenvalue weighted by Crippen LogP contribution is 2.45. The minimum absolute atomic E-state index is 0.339. The number of hydrogen-bond acceptors (Lipinski definition) is 5. The highest BCUT2D eigenvalue weighted by Gasteiger charge is 2.47. The topological polar surface area (TPSA) is 69.2 Å². The Morgan fingerprint density at radius 1 is 1.27 bits per heavy atom. The zero-order valence-corrected chi connectivity index (χ0v) is 16.1. The third kappa shape index (κ3) is 3.72. The van der Waals surface area contributed by atoms with Crippen LogP contribution < -0.4 is 5.73 Å². The van der Waals surface area contributed by atoms with Gasteiger partial charge in [-0.25, -0.2) is 4.98 Å². The average molecular weight is 376 g/mol. The SMILES string of the molecule is C1C2CN(C3COC3)CC12.CC(C)n1ccc(-c2cnc(N)c(Cl)c2)n1. The average Bonchev–Trinajstić information content (AvgIpc) is 2.99. The van der Waals surface area contributed by atoms with Gasteiger partial charge in [0.15, 0.2) is 0 Å². The van der Waals surface area contributed by atoms with Gasteiger partial charge in [0.25, 0.3) is 0 Å². The first kappa shape index (κ1) is 17.8. The van der Waals surface area contributed by atoms with E-state index in [9.17, 15) is 0 Å². The van der Waals surface area contributed by atoms with Gasteiger partial charge in [-0.3, -0.25) is 9.58 Å². The van der Waals surface area contributed by atoms with E-state index in [0.717, 1.165) is 42.3 Å². The molecule has 2 saturated heterocycles. The summed E-state index contributed by atoms with van der Waals surface area (Å²) in [6.45, 7) is 8.90. The first-order chi connectivity index (χ1) is 12.5. The van der Waals surface area contributed by atoms with Gasteiger partial charge in [-0.05, 0) is 44.2 Å². The van der Waals surface area contributed by atoms with Gasteiger partial charge in [0.2, 0.25) is 0 Å². The van der Waals surface area contributed by atoms with Crippen molar-refractivity contribution in [3.8, 4) is 11.3 Å². The molecule has 2 aromatic rings. The molecular formula is C19H26ClN5O. The predicted octanol–water partition coefficient (Wildman–Crippen LogP) is 3.10. The minimum Gasteiger partial charge on any atom is -0.382 e. The fourth-order valence-corrected chi connectivity index (χ4v) is 3.70. The van der Waals surface area contributed by atoms with Gasteiger partial charge >= 0.3 is 0 Å². The molecule has 26 heavy (non-hydrogen) atoms. The predicted molar refractivity (Wildman–Crippen MR) is 103 cm³/mol. The first-order valence-corrected chi connectivity index (χ1v) is 9.67. The van der Waals surface area contributed by atoms with Gasteiger partial charge in [0, 0.05) is 37.1 Å². The molecule has 2 N–H and O–H groups in total. The van der Waals surface area contributed by atoms with E-state index in [1.54, 1.807) is 12.3 Å². The summed E-state index contributed by atoms with van der Waals surface area (Å²) in [7, 11) is 0. The number of ether oxygens (including phenoxy) is 1. The summed E-state index contributed by atoms with van der Waals surface area (Å²) in [5.41, 5.74) is 7.28. The minimum atomic E-state index is 0.339. The zero-order valence-electron chi connectivity index (χ0n) is 15.3. The van der Waals surface area contributed by atoms with Gasteiger partial charge in [-0.15, -0.1) is 0 Å². The van der Waals surface area contributed by atoms with Crippen molar-refractivity contribution in [2.24, 2.45) is 11.8 Å². The quantitative estimate of drug-likeness (QED) is 0.892. The summed E-state index contributed by atoms with van der Waals surface area (Å²) in [6.07, 6.45) is 5.13. The van der Waals surface area contributed by atoms with Crippen LogP contribution in [0.5, 0.6) is 0 Å². The molecule has 2 atom stereocenters. The number of rotatable bonds is 3. The third-order valence-electron chi connectivity index (χ3n) is 5.45. The van der Waals surface area contributed by atoms with Crippen LogP contribution in [0.25, 0.3) is 11.3 Å². The van der Waals surface area contributed by atoms with Gasteiger partial charge in [-0.1, -0.05) is 11.6 Å². The molecule has 1 saturated carbocycles. The van der Waals surface area contributed by atoms with Crippen LogP contribution in [-0.2, 0) is 4.74 Å². The molecule has 0 radical (unpaired) electrons. The van der Waals surface area contributed by atoms with Crippen molar-refractivity contribution in [3.05, 3.63) is 29.5 Å². The summed E-state index contributed by atoms with van der Waals surface area (Å²) in [5, 5.41) is 4.88. The number of piperidine rings is 1. The van der Waals surface area contributed by atoms with E-state index in [0.29, 0.717) is 16.9 Å². The van der Waals surface area contributed by atoms with Gasteiger partial charge in [-0.2, -0.15) is 5.10 Å². The second-order valence-corrected chi connectivity index (χ2v) is 8.17. The molecule has 140 valence electrons. The van der Waals surface area contributed by atoms with E-state index >= 15 is 0 Å². The maximum Gasteiger partial charge on any atom is 0.142 e. The van der Waals surface area contributed by atoms with Crippen LogP contribution in [0.15, 0.2) is 24.5 Å². The number of aromatic nitrogens is 3. The lowest BCUT2D eigenvalue weighted by molar-refractivity contribution is -0.0605. The molecule has 2 unspecified atom stereocenters. The fourth-order valence-electron chi connectivity index (χ4n) is 3.53. The van der Waals surface area contributed by atoms with Gasteiger partial charge < -0.3 is 10.5 Å². The lowest BCUT2D eigenvalue weighted by Gasteiger charge is -2.35. The van der Waals surface area contributed by atoms with Crippen LogP contribution >= 0.6 is 11.6 Å². The van der Waals surface area contributed by atoms with E-state index in [4.69, 9.17) is 22.1 Å². The van der Waals surface area contributed by atoms with E-state index in [-0.39, 0.29) is 0 Å². The Hall–Kier alpha value is -1.63. The summed E-state index contributed by atoms with van der Waals surface area (Å²) < 4.78 is 7.04. The van der Waals surface area contributed by atoms with Crippen molar-refractivity contribution in [1.82, 2.24) is 19.7 Å². The number of nitrogens with two attached hydrogens (primary N) is 1. The number of hydrogen-bond donors (Lipinski definition) is 1. The molecule has 3 fully saturated rings. The number of fused-ring (bicyclic) bond motifs is 1. The van der Waals surface area contributed by atoms with Crippen LogP contribution in [0.3, 0.4) is 0 Å². The van der Waals surface area contributed by atoms with Crippen LogP contribution in [0, 0.1) is 11.8 Å². The Balaban J connectivity index is 0.000000142. The maximum absolute atomic E-state index is 5.91. The fraction of sp³-hybridized carbons (Fsp3) is 0.579. The van der Waals surface area contributed by atoms with Crippen LogP contribution in [0.4, 0.5) is 5.82 Å². The molecule has 0 aromatic carbocycles. The van der Waals surface area contributed by atoms with Crippen molar-refractivity contribution < 1.29 is 4.74 Å². The molecule has 2 aromatic heterocycles. The molecular weight excluding hydrogens is 350 g/mol. The van der Waals surface area contributed by atoms with Crippen molar-refractivity contribution >= 4 is 17.4 Å². The van der Waals surface area contributed by atoms with Crippen LogP contribution in [-0.4, -0.2) is 52.0 Å². The highest BCUT2D eigenvalue weighted by atomic mass is 35.5. The lowest BCUT2D eigenvalue weighted by Crippen LogP contribution is -2.48. The Kier molecular flexibility index (Phi) is 4.90. The number of pyridine rings is 1. The second-order valence-electron chi connectivity index (χ2n) is 7.77. The normalized spacial score (nSPS) is 24.8. The van der Waals surface area contributed by atoms with Crippen molar-refractivity contribution in [1.29, 1.82) is 0 Å². The van der Waals surface area contributed by atoms with Gasteiger partial charge in [0.1, 0.15) is 5.82 Å². The van der Waals surface area contributed by atoms with Gasteiger partial charge in [0.05, 0.1) is 30.0 Å². The van der Waals surface area contributed by atoms with Crippen LogP contribution in [0.1, 0.15) is 26.3 Å². The smallest absolute Gasteiger partial charge is 0.142 e. The standard InChI is InChI=1S/C11H13ClN4.C8H13NO/c1-7(2)16-4-3-10(15-16)8-5-9(12)11(13)14-6-8;1-6-2-9(3-7(1)6)8-4-10-5-8/h3-7H,1-2H3,(H2,13,14);6-8H,1-5H2. The molecule has 3 aliphatic rings. The van der Waals surface area contributed by atoms with Crippen molar-refractivity contribution in [2.45, 2.75) is 32.4 Å². The summed E-state index contributed by atoms with van der Waals surface area (Å²) >= 11 is 5.91. The van der Waals surface area contributed by atoms with Crippen molar-refractivity contribution in [2.75, 3.05) is 32.0 Å². The molecule has 7 heteroatoms. The Labute approximate surface area is 159 Å². The Morgan fingerprint density at radius 2 is 2.00 bits per heavy atom. The van der Waals surface area contributed by atoms with E-state index in [2.05, 4.69) is 28.8 Å². The highest BCUT2D eigenvalue weighted by molar-refractivity contribution is 6.33. The lowest BCUT2D eigenvalue weighted by atomic mass is 10.2. The van der Waals surface area contributed by atoms with Crippen molar-refractivity contribution in [3.63, 3.8) is 0 Å². The van der Waals surface area contributed by atoms with E-state index in [1.165, 1.54) is 19.5 Å². The number of nitrogen functional groups attached to an aromatic ring is 1. The van der Waals surface area contributed by atoms with E-state index in [1.807, 2.05) is 16.9 Å². The largest absolute Gasteiger partial charge is 0.382 e. The number of halogens is 1. The molecule has 4 heterocycles. The maximum atomic E-state index is 5.91. The molecule has 0 amide bonds. The summed E-state index contributed by atoms with van der Waals surface area (Å²) in [6, 6.07) is 4.85. The third-order valence-corrected chi connectivity index (χ3v) is 5.75. The molecule has 0 bridgehead atoms. The second kappa shape index (κ2) is 7.18. The molecule has 2 aliphatic heterocycles. The Bertz CT molecular complexity index is 763. The number of anilines is 1. The molecule has 5 rings (SSSR count).